The first kappa shape index (κ1) is 17.5. The van der Waals surface area contributed by atoms with Crippen LogP contribution in [0, 0.1) is 6.92 Å². The lowest BCUT2D eigenvalue weighted by Gasteiger charge is -2.16. The topological polar surface area (TPSA) is 51.1 Å². The maximum atomic E-state index is 12.8. The second-order valence-electron chi connectivity index (χ2n) is 7.44. The minimum atomic E-state index is -0.147. The summed E-state index contributed by atoms with van der Waals surface area (Å²) in [6.45, 7) is 2.53. The molecule has 1 aromatic heterocycles. The number of hydrogen-bond donors (Lipinski definition) is 1. The summed E-state index contributed by atoms with van der Waals surface area (Å²) in [6.07, 6.45) is 4.36. The van der Waals surface area contributed by atoms with Crippen molar-refractivity contribution in [2.75, 3.05) is 0 Å². The highest BCUT2D eigenvalue weighted by molar-refractivity contribution is 6.06. The second-order valence-corrected chi connectivity index (χ2v) is 7.44. The van der Waals surface area contributed by atoms with Crippen molar-refractivity contribution in [2.24, 2.45) is 0 Å². The van der Waals surface area contributed by atoms with E-state index in [2.05, 4.69) is 5.32 Å². The van der Waals surface area contributed by atoms with Crippen molar-refractivity contribution >= 4 is 16.8 Å². The average Bonchev–Trinajstić information content (AvgIpc) is 3.18. The Hall–Kier alpha value is -2.88. The van der Waals surface area contributed by atoms with E-state index in [1.54, 1.807) is 4.57 Å². The zero-order chi connectivity index (χ0) is 18.8. The summed E-state index contributed by atoms with van der Waals surface area (Å²) in [5, 5.41) is 3.92. The lowest BCUT2D eigenvalue weighted by Crippen LogP contribution is -2.34. The molecule has 0 unspecified atom stereocenters. The van der Waals surface area contributed by atoms with Gasteiger partial charge in [-0.3, -0.25) is 9.59 Å². The van der Waals surface area contributed by atoms with Crippen molar-refractivity contribution in [3.8, 4) is 0 Å². The maximum absolute atomic E-state index is 12.8. The van der Waals surface area contributed by atoms with Gasteiger partial charge in [0.15, 0.2) is 0 Å². The first-order valence-corrected chi connectivity index (χ1v) is 9.61. The summed E-state index contributed by atoms with van der Waals surface area (Å²) in [6, 6.07) is 17.5. The van der Waals surface area contributed by atoms with Crippen LogP contribution in [0.3, 0.4) is 0 Å². The van der Waals surface area contributed by atoms with Crippen LogP contribution in [0.15, 0.2) is 59.4 Å². The average molecular weight is 360 g/mol. The number of para-hydroxylation sites is 1. The van der Waals surface area contributed by atoms with Gasteiger partial charge in [-0.2, -0.15) is 0 Å². The summed E-state index contributed by atoms with van der Waals surface area (Å²) < 4.78 is 1.74. The molecular formula is C23H24N2O2. The summed E-state index contributed by atoms with van der Waals surface area (Å²) in [5.74, 6) is -0.141. The van der Waals surface area contributed by atoms with Crippen molar-refractivity contribution in [1.29, 1.82) is 0 Å². The van der Waals surface area contributed by atoms with Crippen molar-refractivity contribution < 1.29 is 4.79 Å². The Kier molecular flexibility index (Phi) is 4.80. The van der Waals surface area contributed by atoms with Gasteiger partial charge >= 0.3 is 0 Å². The molecule has 0 aliphatic heterocycles. The van der Waals surface area contributed by atoms with Crippen LogP contribution in [0.2, 0.25) is 0 Å². The molecule has 0 spiro atoms. The number of nitrogens with zero attached hydrogens (tertiary/aromatic N) is 1. The van der Waals surface area contributed by atoms with E-state index in [1.807, 2.05) is 55.5 Å². The highest BCUT2D eigenvalue weighted by atomic mass is 16.2. The third-order valence-electron chi connectivity index (χ3n) is 5.42. The van der Waals surface area contributed by atoms with Gasteiger partial charge in [0.25, 0.3) is 11.5 Å². The molecule has 0 bridgehead atoms. The molecule has 27 heavy (non-hydrogen) atoms. The molecule has 2 aromatic carbocycles. The lowest BCUT2D eigenvalue weighted by atomic mass is 10.1. The molecule has 1 saturated carbocycles. The van der Waals surface area contributed by atoms with Gasteiger partial charge in [0.1, 0.15) is 0 Å². The first-order valence-electron chi connectivity index (χ1n) is 9.61. The van der Waals surface area contributed by atoms with Crippen LogP contribution in [0.5, 0.6) is 0 Å². The Labute approximate surface area is 158 Å². The van der Waals surface area contributed by atoms with E-state index in [0.717, 1.165) is 42.1 Å². The Morgan fingerprint density at radius 3 is 2.52 bits per heavy atom. The van der Waals surface area contributed by atoms with Gasteiger partial charge in [0, 0.05) is 17.5 Å². The summed E-state index contributed by atoms with van der Waals surface area (Å²) in [4.78, 5) is 25.7. The van der Waals surface area contributed by atoms with E-state index >= 15 is 0 Å². The molecular weight excluding hydrogens is 336 g/mol. The number of carbonyl (C=O) groups excluding carboxylic acids is 1. The van der Waals surface area contributed by atoms with Crippen LogP contribution >= 0.6 is 0 Å². The number of pyridine rings is 1. The first-order chi connectivity index (χ1) is 13.1. The molecule has 4 rings (SSSR count). The van der Waals surface area contributed by atoms with Gasteiger partial charge < -0.3 is 9.88 Å². The zero-order valence-electron chi connectivity index (χ0n) is 15.6. The van der Waals surface area contributed by atoms with Crippen LogP contribution in [0.1, 0.15) is 47.2 Å². The molecule has 1 aliphatic rings. The summed E-state index contributed by atoms with van der Waals surface area (Å²) >= 11 is 0. The molecule has 4 nitrogen and oxygen atoms in total. The molecule has 1 heterocycles. The largest absolute Gasteiger partial charge is 0.349 e. The van der Waals surface area contributed by atoms with Crippen LogP contribution in [0.25, 0.3) is 10.9 Å². The number of aryl methyl sites for hydroxylation is 1. The quantitative estimate of drug-likeness (QED) is 0.764. The third kappa shape index (κ3) is 3.65. The summed E-state index contributed by atoms with van der Waals surface area (Å²) in [7, 11) is 0. The molecule has 1 fully saturated rings. The van der Waals surface area contributed by atoms with E-state index in [0.29, 0.717) is 12.1 Å². The fourth-order valence-electron chi connectivity index (χ4n) is 3.89. The van der Waals surface area contributed by atoms with Gasteiger partial charge in [-0.25, -0.2) is 0 Å². The standard InChI is InChI=1S/C23H24N2O2/c1-16-10-12-17(13-11-16)15-25-21-9-5-4-8-19(21)20(14-22(25)26)23(27)24-18-6-2-3-7-18/h4-5,8-14,18H,2-3,6-7,15H2,1H3,(H,24,27). The lowest BCUT2D eigenvalue weighted by molar-refractivity contribution is 0.0939. The molecule has 0 radical (unpaired) electrons. The molecule has 0 saturated heterocycles. The van der Waals surface area contributed by atoms with E-state index in [1.165, 1.54) is 11.6 Å². The fraction of sp³-hybridized carbons (Fsp3) is 0.304. The predicted octanol–water partition coefficient (Wildman–Crippen LogP) is 4.03. The SMILES string of the molecule is Cc1ccc(Cn2c(=O)cc(C(=O)NC3CCCC3)c3ccccc32)cc1. The highest BCUT2D eigenvalue weighted by Crippen LogP contribution is 2.21. The van der Waals surface area contributed by atoms with Crippen molar-refractivity contribution in [3.63, 3.8) is 0 Å². The van der Waals surface area contributed by atoms with E-state index in [9.17, 15) is 9.59 Å². The third-order valence-corrected chi connectivity index (χ3v) is 5.42. The number of rotatable bonds is 4. The van der Waals surface area contributed by atoms with Crippen LogP contribution < -0.4 is 10.9 Å². The zero-order valence-corrected chi connectivity index (χ0v) is 15.6. The van der Waals surface area contributed by atoms with Crippen molar-refractivity contribution in [2.45, 2.75) is 45.2 Å². The Balaban J connectivity index is 1.74. The maximum Gasteiger partial charge on any atom is 0.252 e. The number of fused-ring (bicyclic) bond motifs is 1. The Morgan fingerprint density at radius 2 is 1.78 bits per heavy atom. The number of amides is 1. The molecule has 1 amide bonds. The van der Waals surface area contributed by atoms with Gasteiger partial charge in [-0.1, -0.05) is 60.9 Å². The second kappa shape index (κ2) is 7.39. The normalized spacial score (nSPS) is 14.6. The smallest absolute Gasteiger partial charge is 0.252 e. The number of hydrogen-bond acceptors (Lipinski definition) is 2. The van der Waals surface area contributed by atoms with Gasteiger partial charge in [0.2, 0.25) is 0 Å². The molecule has 0 atom stereocenters. The van der Waals surface area contributed by atoms with Crippen LogP contribution in [0.4, 0.5) is 0 Å². The van der Waals surface area contributed by atoms with E-state index in [4.69, 9.17) is 0 Å². The monoisotopic (exact) mass is 360 g/mol. The molecule has 138 valence electrons. The van der Waals surface area contributed by atoms with Crippen molar-refractivity contribution in [1.82, 2.24) is 9.88 Å². The Bertz CT molecular complexity index is 1030. The minimum absolute atomic E-state index is 0.141. The van der Waals surface area contributed by atoms with E-state index in [-0.39, 0.29) is 17.5 Å². The predicted molar refractivity (Wildman–Crippen MR) is 108 cm³/mol. The molecule has 1 aliphatic carbocycles. The van der Waals surface area contributed by atoms with Crippen LogP contribution in [-0.4, -0.2) is 16.5 Å². The minimum Gasteiger partial charge on any atom is -0.349 e. The highest BCUT2D eigenvalue weighted by Gasteiger charge is 2.20. The number of aromatic nitrogens is 1. The van der Waals surface area contributed by atoms with Gasteiger partial charge in [0.05, 0.1) is 17.6 Å². The van der Waals surface area contributed by atoms with Gasteiger partial charge in [-0.15, -0.1) is 0 Å². The number of benzene rings is 2. The molecule has 3 aromatic rings. The van der Waals surface area contributed by atoms with Gasteiger partial charge in [-0.05, 0) is 31.4 Å². The van der Waals surface area contributed by atoms with Crippen molar-refractivity contribution in [3.05, 3.63) is 81.6 Å². The van der Waals surface area contributed by atoms with E-state index < -0.39 is 0 Å². The molecule has 4 heteroatoms. The molecule has 1 N–H and O–H groups in total. The summed E-state index contributed by atoms with van der Waals surface area (Å²) in [5.41, 5.74) is 3.38. The number of nitrogens with one attached hydrogen (secondary N) is 1. The van der Waals surface area contributed by atoms with Crippen LogP contribution in [-0.2, 0) is 6.54 Å². The Morgan fingerprint density at radius 1 is 1.07 bits per heavy atom. The fourth-order valence-corrected chi connectivity index (χ4v) is 3.89. The number of carbonyl (C=O) groups is 1.